The number of benzene rings is 2. The maximum Gasteiger partial charge on any atom is 0.0767 e. The summed E-state index contributed by atoms with van der Waals surface area (Å²) in [6.45, 7) is 0. The molecule has 0 aromatic heterocycles. The van der Waals surface area contributed by atoms with Crippen molar-refractivity contribution in [2.24, 2.45) is 11.5 Å². The van der Waals surface area contributed by atoms with Gasteiger partial charge in [0.2, 0.25) is 0 Å². The second kappa shape index (κ2) is 5.43. The Morgan fingerprint density at radius 3 is 2.10 bits per heavy atom. The van der Waals surface area contributed by atoms with Crippen molar-refractivity contribution in [2.75, 3.05) is 0 Å². The van der Waals surface area contributed by atoms with Gasteiger partial charge in [0, 0.05) is 17.3 Å². The highest BCUT2D eigenvalue weighted by atomic mass is 32.1. The van der Waals surface area contributed by atoms with Gasteiger partial charge < -0.3 is 11.5 Å². The molecule has 0 fully saturated rings. The fourth-order valence-electron chi connectivity index (χ4n) is 2.68. The van der Waals surface area contributed by atoms with E-state index in [1.807, 2.05) is 72.8 Å². The van der Waals surface area contributed by atoms with Gasteiger partial charge in [-0.3, -0.25) is 0 Å². The van der Waals surface area contributed by atoms with Crippen LogP contribution in [-0.4, -0.2) is 6.04 Å². The van der Waals surface area contributed by atoms with Crippen LogP contribution in [0.4, 0.5) is 0 Å². The summed E-state index contributed by atoms with van der Waals surface area (Å²) in [6.07, 6.45) is 3.96. The summed E-state index contributed by atoms with van der Waals surface area (Å²) in [5.74, 6) is 0. The number of thiol groups is 1. The van der Waals surface area contributed by atoms with Crippen molar-refractivity contribution >= 4 is 18.2 Å². The standard InChI is InChI=1S/C18H18N2S/c19-16-12-18(21,14-9-5-2-6-10-14)17(20)11-15(16)13-7-3-1-4-8-13/h1-12,17,21H,19-20H2. The molecule has 2 aromatic carbocycles. The number of allylic oxidation sites excluding steroid dienone is 1. The average molecular weight is 294 g/mol. The lowest BCUT2D eigenvalue weighted by atomic mass is 9.82. The van der Waals surface area contributed by atoms with Gasteiger partial charge >= 0.3 is 0 Å². The molecule has 0 saturated carbocycles. The minimum Gasteiger partial charge on any atom is -0.398 e. The highest BCUT2D eigenvalue weighted by molar-refractivity contribution is 7.81. The largest absolute Gasteiger partial charge is 0.398 e. The lowest BCUT2D eigenvalue weighted by Gasteiger charge is -2.35. The molecule has 0 bridgehead atoms. The van der Waals surface area contributed by atoms with Gasteiger partial charge in [0.1, 0.15) is 0 Å². The molecule has 0 radical (unpaired) electrons. The van der Waals surface area contributed by atoms with E-state index in [1.165, 1.54) is 0 Å². The van der Waals surface area contributed by atoms with Crippen molar-refractivity contribution in [1.82, 2.24) is 0 Å². The Bertz CT molecular complexity index is 692. The van der Waals surface area contributed by atoms with E-state index >= 15 is 0 Å². The van der Waals surface area contributed by atoms with Gasteiger partial charge in [0.05, 0.1) is 4.75 Å². The number of rotatable bonds is 2. The lowest BCUT2D eigenvalue weighted by Crippen LogP contribution is -2.41. The zero-order valence-electron chi connectivity index (χ0n) is 11.6. The Morgan fingerprint density at radius 1 is 0.905 bits per heavy atom. The maximum absolute atomic E-state index is 6.38. The molecule has 0 saturated heterocycles. The molecule has 2 aromatic rings. The van der Waals surface area contributed by atoms with Gasteiger partial charge in [-0.05, 0) is 17.2 Å². The Balaban J connectivity index is 2.03. The fourth-order valence-corrected chi connectivity index (χ4v) is 3.04. The van der Waals surface area contributed by atoms with Gasteiger partial charge in [-0.2, -0.15) is 12.6 Å². The van der Waals surface area contributed by atoms with Crippen LogP contribution in [-0.2, 0) is 4.75 Å². The number of hydrogen-bond donors (Lipinski definition) is 3. The molecule has 1 aliphatic carbocycles. The predicted molar refractivity (Wildman–Crippen MR) is 91.8 cm³/mol. The van der Waals surface area contributed by atoms with E-state index in [0.29, 0.717) is 5.70 Å². The smallest absolute Gasteiger partial charge is 0.0767 e. The van der Waals surface area contributed by atoms with Crippen LogP contribution in [0.5, 0.6) is 0 Å². The molecule has 0 spiro atoms. The quantitative estimate of drug-likeness (QED) is 0.746. The number of nitrogens with two attached hydrogens (primary N) is 2. The molecule has 3 rings (SSSR count). The highest BCUT2D eigenvalue weighted by Gasteiger charge is 2.35. The molecule has 1 aliphatic rings. The summed E-state index contributed by atoms with van der Waals surface area (Å²) in [6, 6.07) is 19.8. The minimum atomic E-state index is -0.580. The summed E-state index contributed by atoms with van der Waals surface area (Å²) in [5, 5.41) is 0. The van der Waals surface area contributed by atoms with E-state index in [2.05, 4.69) is 0 Å². The third kappa shape index (κ3) is 2.50. The van der Waals surface area contributed by atoms with Crippen LogP contribution in [0, 0.1) is 0 Å². The fraction of sp³-hybridized carbons (Fsp3) is 0.111. The van der Waals surface area contributed by atoms with Crippen molar-refractivity contribution in [3.8, 4) is 0 Å². The summed E-state index contributed by atoms with van der Waals surface area (Å²) in [4.78, 5) is 0. The van der Waals surface area contributed by atoms with Crippen molar-refractivity contribution in [2.45, 2.75) is 10.8 Å². The molecule has 0 amide bonds. The molecule has 2 unspecified atom stereocenters. The van der Waals surface area contributed by atoms with Gasteiger partial charge in [-0.1, -0.05) is 66.7 Å². The van der Waals surface area contributed by atoms with Crippen LogP contribution in [0.1, 0.15) is 11.1 Å². The molecule has 3 heteroatoms. The van der Waals surface area contributed by atoms with Crippen molar-refractivity contribution < 1.29 is 0 Å². The summed E-state index contributed by atoms with van der Waals surface area (Å²) in [5.41, 5.74) is 16.5. The van der Waals surface area contributed by atoms with E-state index in [0.717, 1.165) is 16.7 Å². The number of hydrogen-bond acceptors (Lipinski definition) is 3. The molecule has 2 nitrogen and oxygen atoms in total. The third-order valence-electron chi connectivity index (χ3n) is 3.86. The normalized spacial score (nSPS) is 25.1. The summed E-state index contributed by atoms with van der Waals surface area (Å²) < 4.78 is -0.580. The van der Waals surface area contributed by atoms with Gasteiger partial charge in [-0.25, -0.2) is 0 Å². The first kappa shape index (κ1) is 14.0. The molecular weight excluding hydrogens is 276 g/mol. The molecule has 106 valence electrons. The van der Waals surface area contributed by atoms with Crippen molar-refractivity contribution in [1.29, 1.82) is 0 Å². The second-order valence-corrected chi connectivity index (χ2v) is 6.00. The Hall–Kier alpha value is -1.97. The average Bonchev–Trinajstić information content (AvgIpc) is 2.52. The molecule has 4 N–H and O–H groups in total. The van der Waals surface area contributed by atoms with E-state index in [9.17, 15) is 0 Å². The van der Waals surface area contributed by atoms with E-state index in [-0.39, 0.29) is 6.04 Å². The molecule has 0 aliphatic heterocycles. The van der Waals surface area contributed by atoms with E-state index in [4.69, 9.17) is 24.1 Å². The zero-order chi connectivity index (χ0) is 14.9. The maximum atomic E-state index is 6.38. The third-order valence-corrected chi connectivity index (χ3v) is 4.55. The highest BCUT2D eigenvalue weighted by Crippen LogP contribution is 2.40. The van der Waals surface area contributed by atoms with Crippen LogP contribution < -0.4 is 11.5 Å². The SMILES string of the molecule is NC1=CC(S)(c2ccccc2)C(N)C=C1c1ccccc1. The molecular formula is C18H18N2S. The first-order valence-electron chi connectivity index (χ1n) is 6.91. The zero-order valence-corrected chi connectivity index (χ0v) is 12.5. The lowest BCUT2D eigenvalue weighted by molar-refractivity contribution is 0.659. The van der Waals surface area contributed by atoms with Crippen LogP contribution in [0.2, 0.25) is 0 Å². The van der Waals surface area contributed by atoms with Crippen LogP contribution in [0.3, 0.4) is 0 Å². The van der Waals surface area contributed by atoms with Gasteiger partial charge in [0.15, 0.2) is 0 Å². The predicted octanol–water partition coefficient (Wildman–Crippen LogP) is 3.08. The summed E-state index contributed by atoms with van der Waals surface area (Å²) >= 11 is 4.82. The molecule has 2 atom stereocenters. The van der Waals surface area contributed by atoms with E-state index < -0.39 is 4.75 Å². The minimum absolute atomic E-state index is 0.245. The summed E-state index contributed by atoms with van der Waals surface area (Å²) in [7, 11) is 0. The molecule has 0 heterocycles. The Morgan fingerprint density at radius 2 is 1.48 bits per heavy atom. The van der Waals surface area contributed by atoms with Crippen LogP contribution in [0.15, 0.2) is 78.5 Å². The Labute approximate surface area is 130 Å². The van der Waals surface area contributed by atoms with E-state index in [1.54, 1.807) is 0 Å². The van der Waals surface area contributed by atoms with Gasteiger partial charge in [-0.15, -0.1) is 0 Å². The first-order chi connectivity index (χ1) is 10.1. The van der Waals surface area contributed by atoms with Crippen molar-refractivity contribution in [3.05, 3.63) is 89.6 Å². The monoisotopic (exact) mass is 294 g/mol. The van der Waals surface area contributed by atoms with Crippen LogP contribution >= 0.6 is 12.6 Å². The van der Waals surface area contributed by atoms with Crippen LogP contribution in [0.25, 0.3) is 5.57 Å². The van der Waals surface area contributed by atoms with Crippen molar-refractivity contribution in [3.63, 3.8) is 0 Å². The van der Waals surface area contributed by atoms with Gasteiger partial charge in [0.25, 0.3) is 0 Å². The Kier molecular flexibility index (Phi) is 3.62. The first-order valence-corrected chi connectivity index (χ1v) is 7.35. The second-order valence-electron chi connectivity index (χ2n) is 5.26. The topological polar surface area (TPSA) is 52.0 Å². The molecule has 21 heavy (non-hydrogen) atoms.